The molecule has 0 aromatic rings. The van der Waals surface area contributed by atoms with Crippen molar-refractivity contribution in [2.75, 3.05) is 6.61 Å². The Kier molecular flexibility index (Phi) is 12.9. The Hall–Kier alpha value is 0.690. The average Bonchev–Trinajstić information content (AvgIpc) is 1.80. The van der Waals surface area contributed by atoms with Gasteiger partial charge in [-0.3, -0.25) is 0 Å². The van der Waals surface area contributed by atoms with Crippen LogP contribution in [0.2, 0.25) is 0 Å². The zero-order valence-corrected chi connectivity index (χ0v) is 9.37. The molecule has 10 heavy (non-hydrogen) atoms. The smallest absolute Gasteiger partial charge is 0.606 e. The molecule has 0 fully saturated rings. The molecule has 0 N–H and O–H groups in total. The zero-order valence-electron chi connectivity index (χ0n) is 6.55. The molecule has 0 amide bonds. The van der Waals surface area contributed by atoms with Gasteiger partial charge >= 0.3 is 29.6 Å². The second-order valence-corrected chi connectivity index (χ2v) is 2.14. The van der Waals surface area contributed by atoms with Crippen LogP contribution in [0, 0.1) is 0 Å². The molecule has 0 spiro atoms. The zero-order chi connectivity index (χ0) is 7.11. The Balaban J connectivity index is 0. The van der Waals surface area contributed by atoms with E-state index in [0.717, 1.165) is 19.3 Å². The summed E-state index contributed by atoms with van der Waals surface area (Å²) >= 11 is 4.17. The van der Waals surface area contributed by atoms with E-state index in [1.807, 2.05) is 0 Å². The minimum absolute atomic E-state index is 0. The molecule has 0 aromatic carbocycles. The maximum atomic E-state index is 10.00. The molecule has 0 radical (unpaired) electrons. The number of hydrogen-bond acceptors (Lipinski definition) is 3. The van der Waals surface area contributed by atoms with Crippen LogP contribution in [-0.2, 0) is 4.74 Å². The first-order valence-electron chi connectivity index (χ1n) is 3.11. The minimum atomic E-state index is -0.592. The van der Waals surface area contributed by atoms with Crippen molar-refractivity contribution in [1.82, 2.24) is 0 Å². The maximum absolute atomic E-state index is 10.00. The van der Waals surface area contributed by atoms with Crippen molar-refractivity contribution in [2.45, 2.75) is 26.2 Å². The number of hydrogen-bond donors (Lipinski definition) is 0. The van der Waals surface area contributed by atoms with E-state index in [1.165, 1.54) is 0 Å². The molecule has 0 aliphatic carbocycles. The van der Waals surface area contributed by atoms with Gasteiger partial charge in [0, 0.05) is 0 Å². The van der Waals surface area contributed by atoms with Gasteiger partial charge in [-0.2, -0.15) is 0 Å². The molecule has 0 rings (SSSR count). The van der Waals surface area contributed by atoms with E-state index in [9.17, 15) is 5.11 Å². The second-order valence-electron chi connectivity index (χ2n) is 1.81. The molecular formula is C6H11NaO2S. The third kappa shape index (κ3) is 11.5. The normalized spacial score (nSPS) is 8.10. The van der Waals surface area contributed by atoms with Crippen LogP contribution < -0.4 is 34.7 Å². The quantitative estimate of drug-likeness (QED) is 0.274. The van der Waals surface area contributed by atoms with Crippen molar-refractivity contribution >= 4 is 17.5 Å². The summed E-state index contributed by atoms with van der Waals surface area (Å²) in [4.78, 5) is 0. The van der Waals surface area contributed by atoms with Crippen LogP contribution in [0.15, 0.2) is 0 Å². The summed E-state index contributed by atoms with van der Waals surface area (Å²) in [5, 5.41) is 9.41. The fraction of sp³-hybridized carbons (Fsp3) is 0.833. The van der Waals surface area contributed by atoms with Crippen molar-refractivity contribution in [3.8, 4) is 0 Å². The van der Waals surface area contributed by atoms with Crippen LogP contribution in [0.5, 0.6) is 0 Å². The molecule has 0 saturated carbocycles. The Bertz CT molecular complexity index is 87.8. The van der Waals surface area contributed by atoms with Gasteiger partial charge in [0.1, 0.15) is 5.24 Å². The molecule has 0 atom stereocenters. The molecule has 0 heterocycles. The van der Waals surface area contributed by atoms with Crippen molar-refractivity contribution < 1.29 is 39.4 Å². The first kappa shape index (κ1) is 13.3. The van der Waals surface area contributed by atoms with Crippen LogP contribution in [0.1, 0.15) is 26.2 Å². The van der Waals surface area contributed by atoms with Gasteiger partial charge in [0.25, 0.3) is 0 Å². The molecular weight excluding hydrogens is 159 g/mol. The molecule has 0 bridgehead atoms. The van der Waals surface area contributed by atoms with Crippen molar-refractivity contribution in [3.63, 3.8) is 0 Å². The summed E-state index contributed by atoms with van der Waals surface area (Å²) < 4.78 is 4.52. The topological polar surface area (TPSA) is 32.3 Å². The van der Waals surface area contributed by atoms with E-state index in [1.54, 1.807) is 0 Å². The van der Waals surface area contributed by atoms with E-state index in [2.05, 4.69) is 23.9 Å². The van der Waals surface area contributed by atoms with Gasteiger partial charge in [-0.1, -0.05) is 32.0 Å². The summed E-state index contributed by atoms with van der Waals surface area (Å²) in [5.41, 5.74) is 0. The monoisotopic (exact) mass is 170 g/mol. The molecule has 0 saturated heterocycles. The Morgan fingerprint density at radius 3 is 2.50 bits per heavy atom. The molecule has 0 unspecified atom stereocenters. The summed E-state index contributed by atoms with van der Waals surface area (Å²) in [5.74, 6) is 0. The van der Waals surface area contributed by atoms with Gasteiger partial charge < -0.3 is 9.84 Å². The van der Waals surface area contributed by atoms with Gasteiger partial charge in [0.15, 0.2) is 0 Å². The fourth-order valence-corrected chi connectivity index (χ4v) is 0.591. The summed E-state index contributed by atoms with van der Waals surface area (Å²) in [6.07, 6.45) is 3.16. The van der Waals surface area contributed by atoms with Crippen molar-refractivity contribution in [2.24, 2.45) is 0 Å². The van der Waals surface area contributed by atoms with Gasteiger partial charge in [0.2, 0.25) is 0 Å². The molecule has 0 aliphatic rings. The van der Waals surface area contributed by atoms with Gasteiger partial charge in [-0.15, -0.1) is 0 Å². The minimum Gasteiger partial charge on any atom is -0.606 e. The van der Waals surface area contributed by atoms with Crippen LogP contribution >= 0.6 is 12.2 Å². The van der Waals surface area contributed by atoms with Gasteiger partial charge in [-0.05, 0) is 13.0 Å². The Morgan fingerprint density at radius 1 is 1.50 bits per heavy atom. The Morgan fingerprint density at radius 2 is 2.10 bits per heavy atom. The third-order valence-corrected chi connectivity index (χ3v) is 1.09. The van der Waals surface area contributed by atoms with E-state index >= 15 is 0 Å². The van der Waals surface area contributed by atoms with E-state index in [0.29, 0.717) is 6.61 Å². The van der Waals surface area contributed by atoms with Crippen molar-refractivity contribution in [3.05, 3.63) is 0 Å². The number of unbranched alkanes of at least 4 members (excludes halogenated alkanes) is 2. The predicted molar refractivity (Wildman–Crippen MR) is 38.1 cm³/mol. The number of rotatable bonds is 4. The van der Waals surface area contributed by atoms with E-state index in [-0.39, 0.29) is 29.6 Å². The predicted octanol–water partition coefficient (Wildman–Crippen LogP) is -2.16. The van der Waals surface area contributed by atoms with Gasteiger partial charge in [-0.25, -0.2) is 0 Å². The largest absolute Gasteiger partial charge is 1.00 e. The maximum Gasteiger partial charge on any atom is 1.00 e. The molecule has 0 aliphatic heterocycles. The van der Waals surface area contributed by atoms with Crippen LogP contribution in [0.4, 0.5) is 0 Å². The average molecular weight is 170 g/mol. The first-order valence-corrected chi connectivity index (χ1v) is 3.52. The standard InChI is InChI=1S/C6H12O2S.Na/c1-2-3-4-5-8-6(7)9;/h2-5H2,1H3,(H,7,9);/q;+1/p-1. The fourth-order valence-electron chi connectivity index (χ4n) is 0.508. The molecule has 0 aromatic heterocycles. The summed E-state index contributed by atoms with van der Waals surface area (Å²) in [6.45, 7) is 2.58. The third-order valence-electron chi connectivity index (χ3n) is 0.968. The van der Waals surface area contributed by atoms with Crippen LogP contribution in [0.3, 0.4) is 0 Å². The van der Waals surface area contributed by atoms with E-state index < -0.39 is 5.24 Å². The number of thiocarbonyl (C=S) groups is 1. The second kappa shape index (κ2) is 9.69. The Labute approximate surface area is 89.2 Å². The van der Waals surface area contributed by atoms with E-state index in [4.69, 9.17) is 0 Å². The SMILES string of the molecule is CCCCCOC([O-])=S.[Na+]. The van der Waals surface area contributed by atoms with Crippen LogP contribution in [-0.4, -0.2) is 11.8 Å². The molecule has 4 heteroatoms. The van der Waals surface area contributed by atoms with Gasteiger partial charge in [0.05, 0.1) is 0 Å². The van der Waals surface area contributed by atoms with Crippen molar-refractivity contribution in [1.29, 1.82) is 0 Å². The first-order chi connectivity index (χ1) is 4.27. The summed E-state index contributed by atoms with van der Waals surface area (Å²) in [7, 11) is 0. The molecule has 54 valence electrons. The molecule has 2 nitrogen and oxygen atoms in total. The van der Waals surface area contributed by atoms with Crippen LogP contribution in [0.25, 0.3) is 0 Å². The number of ether oxygens (including phenoxy) is 1. The summed E-state index contributed by atoms with van der Waals surface area (Å²) in [6, 6.07) is 0.